The number of rotatable bonds is 3. The lowest BCUT2D eigenvalue weighted by molar-refractivity contribution is 1.09. The van der Waals surface area contributed by atoms with Gasteiger partial charge in [-0.1, -0.05) is 0 Å². The molecule has 24 heavy (non-hydrogen) atoms. The molecule has 0 aromatic carbocycles. The van der Waals surface area contributed by atoms with Crippen LogP contribution in [0.15, 0.2) is 41.6 Å². The first kappa shape index (κ1) is 14.2. The monoisotopic (exact) mass is 321 g/mol. The second-order valence-corrected chi connectivity index (χ2v) is 5.20. The number of aromatic amines is 1. The van der Waals surface area contributed by atoms with Gasteiger partial charge < -0.3 is 15.6 Å². The molecule has 4 aromatic heterocycles. The molecule has 8 nitrogen and oxygen atoms in total. The number of nitrogens with zero attached hydrogens (tertiary/aromatic N) is 4. The average Bonchev–Trinajstić information content (AvgIpc) is 2.97. The van der Waals surface area contributed by atoms with Crippen LogP contribution in [0.1, 0.15) is 0 Å². The van der Waals surface area contributed by atoms with E-state index in [9.17, 15) is 4.79 Å². The molecule has 0 aliphatic heterocycles. The Hall–Kier alpha value is -3.42. The summed E-state index contributed by atoms with van der Waals surface area (Å²) in [6.07, 6.45) is 5.00. The Balaban J connectivity index is 2.23. The van der Waals surface area contributed by atoms with Crippen molar-refractivity contribution in [1.82, 2.24) is 24.3 Å². The minimum atomic E-state index is -0.0749. The van der Waals surface area contributed by atoms with Gasteiger partial charge in [-0.3, -0.25) is 9.20 Å². The largest absolute Gasteiger partial charge is 0.358 e. The summed E-state index contributed by atoms with van der Waals surface area (Å²) in [7, 11) is 3.54. The normalized spacial score (nSPS) is 11.1. The molecule has 0 amide bonds. The summed E-state index contributed by atoms with van der Waals surface area (Å²) in [5.74, 6) is 1.13. The van der Waals surface area contributed by atoms with E-state index in [4.69, 9.17) is 0 Å². The Morgan fingerprint density at radius 2 is 1.92 bits per heavy atom. The predicted molar refractivity (Wildman–Crippen MR) is 93.4 cm³/mol. The number of hydrogen-bond donors (Lipinski definition) is 3. The molecule has 4 heterocycles. The molecular weight excluding hydrogens is 306 g/mol. The molecule has 0 aliphatic carbocycles. The number of nitrogens with one attached hydrogen (secondary N) is 3. The number of fused-ring (bicyclic) bond motifs is 3. The zero-order chi connectivity index (χ0) is 16.7. The molecule has 8 heteroatoms. The molecule has 0 bridgehead atoms. The van der Waals surface area contributed by atoms with Gasteiger partial charge in [-0.15, -0.1) is 0 Å². The van der Waals surface area contributed by atoms with Crippen LogP contribution < -0.4 is 16.1 Å². The zero-order valence-corrected chi connectivity index (χ0v) is 13.2. The van der Waals surface area contributed by atoms with E-state index in [1.807, 2.05) is 10.5 Å². The van der Waals surface area contributed by atoms with Crippen molar-refractivity contribution in [2.24, 2.45) is 0 Å². The van der Waals surface area contributed by atoms with Crippen LogP contribution >= 0.6 is 0 Å². The molecular formula is C16H15N7O. The highest BCUT2D eigenvalue weighted by Crippen LogP contribution is 2.33. The molecule has 4 rings (SSSR count). The number of pyridine rings is 1. The fourth-order valence-electron chi connectivity index (χ4n) is 2.91. The number of aromatic nitrogens is 5. The molecule has 3 N–H and O–H groups in total. The van der Waals surface area contributed by atoms with Gasteiger partial charge >= 0.3 is 0 Å². The number of H-pyrrole nitrogens is 1. The van der Waals surface area contributed by atoms with Gasteiger partial charge in [0.1, 0.15) is 5.65 Å². The van der Waals surface area contributed by atoms with E-state index in [2.05, 4.69) is 30.6 Å². The first-order chi connectivity index (χ1) is 11.7. The van der Waals surface area contributed by atoms with Crippen LogP contribution in [0.2, 0.25) is 0 Å². The van der Waals surface area contributed by atoms with E-state index in [1.54, 1.807) is 38.8 Å². The highest BCUT2D eigenvalue weighted by molar-refractivity contribution is 6.03. The van der Waals surface area contributed by atoms with Crippen LogP contribution in [-0.4, -0.2) is 38.4 Å². The van der Waals surface area contributed by atoms with E-state index in [0.29, 0.717) is 28.6 Å². The fraction of sp³-hybridized carbons (Fsp3) is 0.125. The maximum atomic E-state index is 12.6. The van der Waals surface area contributed by atoms with Gasteiger partial charge in [-0.25, -0.2) is 15.0 Å². The first-order valence-electron chi connectivity index (χ1n) is 7.44. The summed E-state index contributed by atoms with van der Waals surface area (Å²) in [5.41, 5.74) is 2.87. The van der Waals surface area contributed by atoms with Crippen LogP contribution in [-0.2, 0) is 0 Å². The molecule has 0 aliphatic rings. The standard InChI is InChI=1S/C16H15N7O/c1-17-15-20-6-3-9(22-15)12-10-4-7-21-16(18-2)23(10)14-13(12)11(24)5-8-19-14/h3-8H,1-2H3,(H,18,21)(H,19,24)(H,17,20,22). The van der Waals surface area contributed by atoms with E-state index in [0.717, 1.165) is 11.1 Å². The third-order valence-corrected chi connectivity index (χ3v) is 3.91. The van der Waals surface area contributed by atoms with Crippen molar-refractivity contribution in [2.75, 3.05) is 24.7 Å². The van der Waals surface area contributed by atoms with Crippen molar-refractivity contribution in [3.05, 3.63) is 47.0 Å². The average molecular weight is 321 g/mol. The lowest BCUT2D eigenvalue weighted by atomic mass is 10.1. The van der Waals surface area contributed by atoms with Crippen molar-refractivity contribution in [1.29, 1.82) is 0 Å². The first-order valence-corrected chi connectivity index (χ1v) is 7.44. The molecule has 0 spiro atoms. The van der Waals surface area contributed by atoms with Gasteiger partial charge in [0.25, 0.3) is 0 Å². The molecule has 0 atom stereocenters. The second kappa shape index (κ2) is 5.34. The van der Waals surface area contributed by atoms with Gasteiger partial charge in [0.05, 0.1) is 16.6 Å². The van der Waals surface area contributed by atoms with Crippen molar-refractivity contribution >= 4 is 28.4 Å². The smallest absolute Gasteiger partial charge is 0.222 e. The van der Waals surface area contributed by atoms with Gasteiger partial charge in [0, 0.05) is 44.3 Å². The van der Waals surface area contributed by atoms with Gasteiger partial charge in [-0.2, -0.15) is 0 Å². The fourth-order valence-corrected chi connectivity index (χ4v) is 2.91. The van der Waals surface area contributed by atoms with Crippen molar-refractivity contribution in [2.45, 2.75) is 0 Å². The SMILES string of the molecule is CNc1nccc(-c2c3c(=O)cc[nH]c3n3c(NC)nccc23)n1. The zero-order valence-electron chi connectivity index (χ0n) is 13.2. The van der Waals surface area contributed by atoms with E-state index >= 15 is 0 Å². The lowest BCUT2D eigenvalue weighted by Gasteiger charge is -2.05. The summed E-state index contributed by atoms with van der Waals surface area (Å²) in [6, 6.07) is 5.17. The Bertz CT molecular complexity index is 1110. The highest BCUT2D eigenvalue weighted by Gasteiger charge is 2.19. The number of anilines is 2. The summed E-state index contributed by atoms with van der Waals surface area (Å²) in [5, 5.41) is 6.55. The summed E-state index contributed by atoms with van der Waals surface area (Å²) in [6.45, 7) is 0. The van der Waals surface area contributed by atoms with E-state index < -0.39 is 0 Å². The Kier molecular flexibility index (Phi) is 3.16. The van der Waals surface area contributed by atoms with Crippen molar-refractivity contribution < 1.29 is 0 Å². The minimum Gasteiger partial charge on any atom is -0.358 e. The summed E-state index contributed by atoms with van der Waals surface area (Å²) < 4.78 is 1.88. The third kappa shape index (κ3) is 1.93. The van der Waals surface area contributed by atoms with Crippen LogP contribution in [0.4, 0.5) is 11.9 Å². The number of hydrogen-bond acceptors (Lipinski definition) is 6. The van der Waals surface area contributed by atoms with E-state index in [-0.39, 0.29) is 5.43 Å². The topological polar surface area (TPSA) is 100 Å². The van der Waals surface area contributed by atoms with E-state index in [1.165, 1.54) is 6.07 Å². The summed E-state index contributed by atoms with van der Waals surface area (Å²) >= 11 is 0. The molecule has 4 aromatic rings. The molecule has 0 saturated carbocycles. The van der Waals surface area contributed by atoms with Crippen LogP contribution in [0.5, 0.6) is 0 Å². The van der Waals surface area contributed by atoms with Crippen LogP contribution in [0, 0.1) is 0 Å². The molecule has 0 radical (unpaired) electrons. The maximum Gasteiger partial charge on any atom is 0.222 e. The Morgan fingerprint density at radius 3 is 2.71 bits per heavy atom. The quantitative estimate of drug-likeness (QED) is 0.531. The van der Waals surface area contributed by atoms with Crippen molar-refractivity contribution in [3.8, 4) is 11.3 Å². The Labute approximate surface area is 136 Å². The van der Waals surface area contributed by atoms with Crippen LogP contribution in [0.3, 0.4) is 0 Å². The molecule has 0 fully saturated rings. The Morgan fingerprint density at radius 1 is 1.08 bits per heavy atom. The predicted octanol–water partition coefficient (Wildman–Crippen LogP) is 1.72. The minimum absolute atomic E-state index is 0.0749. The second-order valence-electron chi connectivity index (χ2n) is 5.20. The molecule has 120 valence electrons. The van der Waals surface area contributed by atoms with Crippen LogP contribution in [0.25, 0.3) is 27.8 Å². The third-order valence-electron chi connectivity index (χ3n) is 3.91. The van der Waals surface area contributed by atoms with Crippen molar-refractivity contribution in [3.63, 3.8) is 0 Å². The van der Waals surface area contributed by atoms with Gasteiger partial charge in [-0.05, 0) is 12.1 Å². The molecule has 0 saturated heterocycles. The highest BCUT2D eigenvalue weighted by atomic mass is 16.1. The lowest BCUT2D eigenvalue weighted by Crippen LogP contribution is -2.03. The van der Waals surface area contributed by atoms with Gasteiger partial charge in [0.15, 0.2) is 5.43 Å². The maximum absolute atomic E-state index is 12.6. The van der Waals surface area contributed by atoms with Gasteiger partial charge in [0.2, 0.25) is 11.9 Å². The summed E-state index contributed by atoms with van der Waals surface area (Å²) in [4.78, 5) is 28.7. The molecule has 0 unspecified atom stereocenters.